The molecule has 0 saturated carbocycles. The third-order valence-electron chi connectivity index (χ3n) is 3.35. The summed E-state index contributed by atoms with van der Waals surface area (Å²) in [5.74, 6) is 0. The molecule has 2 heterocycles. The molecule has 0 amide bonds. The summed E-state index contributed by atoms with van der Waals surface area (Å²) in [7, 11) is 4.09. The van der Waals surface area contributed by atoms with Gasteiger partial charge < -0.3 is 15.0 Å². The van der Waals surface area contributed by atoms with Gasteiger partial charge in [0.25, 0.3) is 0 Å². The molecule has 0 aromatic carbocycles. The topological polar surface area (TPSA) is 37.4 Å². The van der Waals surface area contributed by atoms with Crippen LogP contribution in [0.15, 0.2) is 0 Å². The molecule has 0 radical (unpaired) electrons. The van der Waals surface area contributed by atoms with E-state index in [1.807, 2.05) is 7.05 Å². The van der Waals surface area contributed by atoms with Crippen molar-refractivity contribution in [2.45, 2.75) is 39.0 Å². The predicted molar refractivity (Wildman–Crippen MR) is 71.8 cm³/mol. The van der Waals surface area contributed by atoms with Crippen molar-refractivity contribution in [2.24, 2.45) is 0 Å². The third-order valence-corrected chi connectivity index (χ3v) is 4.60. The number of hydrogen-bond donors (Lipinski definition) is 1. The number of aromatic nitrogens is 1. The van der Waals surface area contributed by atoms with Gasteiger partial charge in [0, 0.05) is 25.1 Å². The zero-order valence-corrected chi connectivity index (χ0v) is 11.8. The van der Waals surface area contributed by atoms with Crippen LogP contribution in [-0.4, -0.2) is 37.8 Å². The number of thiazole rings is 1. The minimum absolute atomic E-state index is 0.303. The summed E-state index contributed by atoms with van der Waals surface area (Å²) in [6, 6.07) is 0.461. The zero-order chi connectivity index (χ0) is 12.4. The zero-order valence-electron chi connectivity index (χ0n) is 11.0. The summed E-state index contributed by atoms with van der Waals surface area (Å²) in [5, 5.41) is 4.29. The average molecular weight is 255 g/mol. The number of nitrogens with zero attached hydrogens (tertiary/aromatic N) is 2. The van der Waals surface area contributed by atoms with Crippen LogP contribution in [-0.2, 0) is 11.3 Å². The Kier molecular flexibility index (Phi) is 4.01. The van der Waals surface area contributed by atoms with E-state index in [4.69, 9.17) is 4.74 Å². The standard InChI is InChI=1S/C12H21N3OS/c1-8-11(7-13-3)17-12(14-8)15(4)10-5-6-16-9(10)2/h9-10,13H,5-7H2,1-4H3. The Bertz CT molecular complexity index is 380. The highest BCUT2D eigenvalue weighted by molar-refractivity contribution is 7.15. The van der Waals surface area contributed by atoms with E-state index in [-0.39, 0.29) is 0 Å². The Morgan fingerprint density at radius 3 is 2.94 bits per heavy atom. The van der Waals surface area contributed by atoms with Gasteiger partial charge >= 0.3 is 0 Å². The van der Waals surface area contributed by atoms with Crippen LogP contribution in [0.3, 0.4) is 0 Å². The van der Waals surface area contributed by atoms with Gasteiger partial charge in [0.2, 0.25) is 0 Å². The molecule has 1 fully saturated rings. The predicted octanol–water partition coefficient (Wildman–Crippen LogP) is 1.78. The highest BCUT2D eigenvalue weighted by Gasteiger charge is 2.29. The summed E-state index contributed by atoms with van der Waals surface area (Å²) in [4.78, 5) is 8.25. The largest absolute Gasteiger partial charge is 0.376 e. The molecule has 0 spiro atoms. The minimum atomic E-state index is 0.303. The molecular weight excluding hydrogens is 234 g/mol. The van der Waals surface area contributed by atoms with Gasteiger partial charge in [0.1, 0.15) is 0 Å². The van der Waals surface area contributed by atoms with Crippen LogP contribution >= 0.6 is 11.3 Å². The first-order chi connectivity index (χ1) is 8.13. The summed E-state index contributed by atoms with van der Waals surface area (Å²) >= 11 is 1.78. The summed E-state index contributed by atoms with van der Waals surface area (Å²) in [5.41, 5.74) is 1.14. The summed E-state index contributed by atoms with van der Waals surface area (Å²) in [6.45, 7) is 5.98. The first-order valence-corrected chi connectivity index (χ1v) is 6.90. The molecule has 0 aliphatic carbocycles. The van der Waals surface area contributed by atoms with Gasteiger partial charge in [-0.15, -0.1) is 11.3 Å². The highest BCUT2D eigenvalue weighted by Crippen LogP contribution is 2.29. The van der Waals surface area contributed by atoms with Crippen LogP contribution in [0, 0.1) is 6.92 Å². The smallest absolute Gasteiger partial charge is 0.185 e. The van der Waals surface area contributed by atoms with Gasteiger partial charge in [0.05, 0.1) is 17.8 Å². The lowest BCUT2D eigenvalue weighted by atomic mass is 10.1. The molecule has 1 saturated heterocycles. The van der Waals surface area contributed by atoms with Crippen LogP contribution in [0.4, 0.5) is 5.13 Å². The van der Waals surface area contributed by atoms with E-state index in [1.165, 1.54) is 4.88 Å². The Balaban J connectivity index is 2.13. The number of hydrogen-bond acceptors (Lipinski definition) is 5. The van der Waals surface area contributed by atoms with Crippen molar-refractivity contribution >= 4 is 16.5 Å². The molecule has 1 N–H and O–H groups in total. The van der Waals surface area contributed by atoms with E-state index in [0.717, 1.165) is 30.4 Å². The second-order valence-electron chi connectivity index (χ2n) is 4.58. The van der Waals surface area contributed by atoms with Crippen molar-refractivity contribution in [1.82, 2.24) is 10.3 Å². The third kappa shape index (κ3) is 2.61. The number of likely N-dealkylation sites (N-methyl/N-ethyl adjacent to an activating group) is 1. The SMILES string of the molecule is CNCc1sc(N(C)C2CCOC2C)nc1C. The molecule has 17 heavy (non-hydrogen) atoms. The molecule has 1 aromatic rings. The fourth-order valence-electron chi connectivity index (χ4n) is 2.26. The average Bonchev–Trinajstić information content (AvgIpc) is 2.86. The minimum Gasteiger partial charge on any atom is -0.376 e. The maximum Gasteiger partial charge on any atom is 0.185 e. The molecule has 2 rings (SSSR count). The molecule has 1 aromatic heterocycles. The van der Waals surface area contributed by atoms with Crippen LogP contribution in [0.1, 0.15) is 23.9 Å². The first-order valence-electron chi connectivity index (χ1n) is 6.08. The van der Waals surface area contributed by atoms with E-state index in [0.29, 0.717) is 12.1 Å². The molecule has 4 nitrogen and oxygen atoms in total. The Morgan fingerprint density at radius 1 is 1.59 bits per heavy atom. The van der Waals surface area contributed by atoms with Gasteiger partial charge in [-0.1, -0.05) is 0 Å². The van der Waals surface area contributed by atoms with Crippen molar-refractivity contribution in [3.05, 3.63) is 10.6 Å². The normalized spacial score (nSPS) is 24.2. The molecule has 1 aliphatic rings. The lowest BCUT2D eigenvalue weighted by molar-refractivity contribution is 0.118. The van der Waals surface area contributed by atoms with Crippen molar-refractivity contribution in [3.63, 3.8) is 0 Å². The number of nitrogens with one attached hydrogen (secondary N) is 1. The Hall–Kier alpha value is -0.650. The molecule has 1 aliphatic heterocycles. The maximum absolute atomic E-state index is 5.62. The Labute approximate surface area is 107 Å². The van der Waals surface area contributed by atoms with E-state index in [1.54, 1.807) is 11.3 Å². The van der Waals surface area contributed by atoms with Crippen LogP contribution < -0.4 is 10.2 Å². The number of aryl methyl sites for hydroxylation is 1. The molecule has 2 unspecified atom stereocenters. The number of ether oxygens (including phenoxy) is 1. The van der Waals surface area contributed by atoms with Crippen molar-refractivity contribution < 1.29 is 4.74 Å². The molecule has 5 heteroatoms. The van der Waals surface area contributed by atoms with Gasteiger partial charge in [-0.2, -0.15) is 0 Å². The lowest BCUT2D eigenvalue weighted by Gasteiger charge is -2.26. The van der Waals surface area contributed by atoms with Gasteiger partial charge in [-0.25, -0.2) is 4.98 Å². The monoisotopic (exact) mass is 255 g/mol. The van der Waals surface area contributed by atoms with E-state index < -0.39 is 0 Å². The van der Waals surface area contributed by atoms with Gasteiger partial charge in [0.15, 0.2) is 5.13 Å². The second kappa shape index (κ2) is 5.33. The van der Waals surface area contributed by atoms with Crippen molar-refractivity contribution in [1.29, 1.82) is 0 Å². The fraction of sp³-hybridized carbons (Fsp3) is 0.750. The van der Waals surface area contributed by atoms with Crippen LogP contribution in [0.5, 0.6) is 0 Å². The van der Waals surface area contributed by atoms with Gasteiger partial charge in [-0.3, -0.25) is 0 Å². The summed E-state index contributed by atoms with van der Waals surface area (Å²) in [6.07, 6.45) is 1.40. The fourth-order valence-corrected chi connectivity index (χ4v) is 3.35. The highest BCUT2D eigenvalue weighted by atomic mass is 32.1. The molecular formula is C12H21N3OS. The van der Waals surface area contributed by atoms with E-state index >= 15 is 0 Å². The van der Waals surface area contributed by atoms with Crippen LogP contribution in [0.2, 0.25) is 0 Å². The number of anilines is 1. The second-order valence-corrected chi connectivity index (χ2v) is 5.64. The van der Waals surface area contributed by atoms with Crippen LogP contribution in [0.25, 0.3) is 0 Å². The first kappa shape index (κ1) is 12.8. The lowest BCUT2D eigenvalue weighted by Crippen LogP contribution is -2.36. The maximum atomic E-state index is 5.62. The van der Waals surface area contributed by atoms with Gasteiger partial charge in [-0.05, 0) is 27.3 Å². The van der Waals surface area contributed by atoms with E-state index in [2.05, 4.69) is 36.1 Å². The molecule has 2 atom stereocenters. The van der Waals surface area contributed by atoms with E-state index in [9.17, 15) is 0 Å². The molecule has 96 valence electrons. The quantitative estimate of drug-likeness (QED) is 0.890. The van der Waals surface area contributed by atoms with Crippen molar-refractivity contribution in [3.8, 4) is 0 Å². The summed E-state index contributed by atoms with van der Waals surface area (Å²) < 4.78 is 5.62. The number of rotatable bonds is 4. The Morgan fingerprint density at radius 2 is 2.35 bits per heavy atom. The van der Waals surface area contributed by atoms with Crippen molar-refractivity contribution in [2.75, 3.05) is 25.6 Å². The molecule has 0 bridgehead atoms.